The summed E-state index contributed by atoms with van der Waals surface area (Å²) in [5.74, 6) is -1.95. The molecule has 2 heterocycles. The number of alkyl halides is 3. The van der Waals surface area contributed by atoms with E-state index in [1.165, 1.54) is 12.8 Å². The molecule has 1 amide bonds. The Morgan fingerprint density at radius 1 is 1.05 bits per heavy atom. The van der Waals surface area contributed by atoms with E-state index in [1.54, 1.807) is 16.3 Å². The van der Waals surface area contributed by atoms with Crippen molar-refractivity contribution in [1.82, 2.24) is 19.4 Å². The van der Waals surface area contributed by atoms with Crippen LogP contribution in [0, 0.1) is 0 Å². The van der Waals surface area contributed by atoms with Crippen molar-refractivity contribution in [3.63, 3.8) is 0 Å². The van der Waals surface area contributed by atoms with Gasteiger partial charge in [0.2, 0.25) is 15.9 Å². The highest BCUT2D eigenvalue weighted by atomic mass is 32.2. The Labute approximate surface area is 228 Å². The van der Waals surface area contributed by atoms with Gasteiger partial charge < -0.3 is 25.0 Å². The number of carbonyl (C=O) groups is 2. The number of methoxy groups -OCH3 is 1. The molecule has 2 aliphatic rings. The van der Waals surface area contributed by atoms with Crippen LogP contribution in [0.4, 0.5) is 13.2 Å². The maximum absolute atomic E-state index is 13.0. The van der Waals surface area contributed by atoms with Crippen molar-refractivity contribution in [2.45, 2.75) is 38.3 Å². The maximum Gasteiger partial charge on any atom is 0.490 e. The number of sulfonamides is 1. The minimum atomic E-state index is -5.08. The summed E-state index contributed by atoms with van der Waals surface area (Å²) in [6, 6.07) is 7.73. The molecule has 2 saturated heterocycles. The fourth-order valence-electron chi connectivity index (χ4n) is 4.33. The quantitative estimate of drug-likeness (QED) is 0.384. The van der Waals surface area contributed by atoms with Crippen LogP contribution in [0.5, 0.6) is 5.75 Å². The van der Waals surface area contributed by atoms with E-state index in [-0.39, 0.29) is 18.2 Å². The largest absolute Gasteiger partial charge is 0.497 e. The molecular formula is C25H39F3N4O6S. The van der Waals surface area contributed by atoms with E-state index >= 15 is 0 Å². The molecule has 222 valence electrons. The second-order valence-electron chi connectivity index (χ2n) is 9.40. The molecule has 2 N–H and O–H groups in total. The summed E-state index contributed by atoms with van der Waals surface area (Å²) in [5.41, 5.74) is 1.07. The molecular weight excluding hydrogens is 541 g/mol. The van der Waals surface area contributed by atoms with E-state index in [2.05, 4.69) is 10.2 Å². The first-order valence-electron chi connectivity index (χ1n) is 13.0. The van der Waals surface area contributed by atoms with Crippen molar-refractivity contribution in [2.24, 2.45) is 0 Å². The molecule has 0 bridgehead atoms. The van der Waals surface area contributed by atoms with Crippen LogP contribution in [0.2, 0.25) is 0 Å². The number of carbonyl (C=O) groups excluding carboxylic acids is 1. The van der Waals surface area contributed by atoms with Crippen LogP contribution in [-0.2, 0) is 26.0 Å². The van der Waals surface area contributed by atoms with Crippen molar-refractivity contribution in [2.75, 3.05) is 71.8 Å². The number of aryl methyl sites for hydroxylation is 1. The third kappa shape index (κ3) is 12.1. The van der Waals surface area contributed by atoms with E-state index in [9.17, 15) is 26.4 Å². The van der Waals surface area contributed by atoms with Crippen molar-refractivity contribution in [3.8, 4) is 5.75 Å². The number of halogens is 3. The summed E-state index contributed by atoms with van der Waals surface area (Å²) < 4.78 is 64.0. The van der Waals surface area contributed by atoms with Crippen LogP contribution in [-0.4, -0.2) is 117 Å². The lowest BCUT2D eigenvalue weighted by Crippen LogP contribution is -2.48. The number of amides is 1. The molecule has 0 aromatic heterocycles. The molecule has 1 aromatic rings. The lowest BCUT2D eigenvalue weighted by atomic mass is 10.1. The van der Waals surface area contributed by atoms with Crippen LogP contribution in [0.3, 0.4) is 0 Å². The first-order valence-corrected chi connectivity index (χ1v) is 14.6. The van der Waals surface area contributed by atoms with Crippen LogP contribution in [0.15, 0.2) is 24.3 Å². The molecule has 2 aliphatic heterocycles. The predicted molar refractivity (Wildman–Crippen MR) is 140 cm³/mol. The Hall–Kier alpha value is -2.42. The Morgan fingerprint density at radius 2 is 1.64 bits per heavy atom. The first-order chi connectivity index (χ1) is 18.4. The van der Waals surface area contributed by atoms with E-state index in [1.807, 2.05) is 24.3 Å². The number of likely N-dealkylation sites (tertiary alicyclic amines) is 1. The van der Waals surface area contributed by atoms with Gasteiger partial charge in [0.15, 0.2) is 0 Å². The van der Waals surface area contributed by atoms with Gasteiger partial charge in [0.1, 0.15) is 5.75 Å². The van der Waals surface area contributed by atoms with Crippen LogP contribution in [0.1, 0.15) is 31.2 Å². The van der Waals surface area contributed by atoms with Gasteiger partial charge in [-0.1, -0.05) is 12.1 Å². The summed E-state index contributed by atoms with van der Waals surface area (Å²) in [4.78, 5) is 26.1. The summed E-state index contributed by atoms with van der Waals surface area (Å²) in [6.45, 7) is 6.45. The highest BCUT2D eigenvalue weighted by molar-refractivity contribution is 7.89. The molecule has 0 aliphatic carbocycles. The lowest BCUT2D eigenvalue weighted by molar-refractivity contribution is -0.192. The summed E-state index contributed by atoms with van der Waals surface area (Å²) in [7, 11) is -1.72. The normalized spacial score (nSPS) is 16.8. The topological polar surface area (TPSA) is 119 Å². The van der Waals surface area contributed by atoms with Gasteiger partial charge in [0.05, 0.1) is 12.9 Å². The first kappa shape index (κ1) is 32.8. The van der Waals surface area contributed by atoms with E-state index in [0.717, 1.165) is 37.4 Å². The summed E-state index contributed by atoms with van der Waals surface area (Å²) in [5, 5.41) is 10.3. The van der Waals surface area contributed by atoms with Crippen molar-refractivity contribution < 1.29 is 41.0 Å². The van der Waals surface area contributed by atoms with E-state index < -0.39 is 22.2 Å². The van der Waals surface area contributed by atoms with Crippen molar-refractivity contribution in [3.05, 3.63) is 29.8 Å². The number of carboxylic acids is 1. The molecule has 14 heteroatoms. The van der Waals surface area contributed by atoms with Gasteiger partial charge in [-0.05, 0) is 63.0 Å². The van der Waals surface area contributed by atoms with Gasteiger partial charge in [-0.3, -0.25) is 4.79 Å². The third-order valence-electron chi connectivity index (χ3n) is 6.57. The van der Waals surface area contributed by atoms with Gasteiger partial charge >= 0.3 is 12.1 Å². The van der Waals surface area contributed by atoms with Crippen LogP contribution in [0.25, 0.3) is 0 Å². The zero-order chi connectivity index (χ0) is 28.9. The minimum Gasteiger partial charge on any atom is -0.497 e. The Morgan fingerprint density at radius 3 is 2.18 bits per heavy atom. The fraction of sp³-hybridized carbons (Fsp3) is 0.680. The molecule has 39 heavy (non-hydrogen) atoms. The van der Waals surface area contributed by atoms with Crippen molar-refractivity contribution in [1.29, 1.82) is 0 Å². The number of nitrogens with zero attached hydrogens (tertiary/aromatic N) is 3. The Kier molecular flexibility index (Phi) is 13.4. The summed E-state index contributed by atoms with van der Waals surface area (Å²) in [6.07, 6.45) is -0.706. The number of carboxylic acid groups (broad SMARTS) is 1. The number of nitrogens with one attached hydrogen (secondary N) is 1. The molecule has 0 unspecified atom stereocenters. The molecule has 10 nitrogen and oxygen atoms in total. The van der Waals surface area contributed by atoms with Gasteiger partial charge in [0, 0.05) is 45.7 Å². The number of piperazine rings is 1. The minimum absolute atomic E-state index is 0.00894. The number of ether oxygens (including phenoxy) is 1. The van der Waals surface area contributed by atoms with Gasteiger partial charge in [-0.15, -0.1) is 0 Å². The monoisotopic (exact) mass is 580 g/mol. The summed E-state index contributed by atoms with van der Waals surface area (Å²) >= 11 is 0. The average Bonchev–Trinajstić information content (AvgIpc) is 3.43. The van der Waals surface area contributed by atoms with E-state index in [4.69, 9.17) is 14.6 Å². The number of rotatable bonds is 12. The van der Waals surface area contributed by atoms with Gasteiger partial charge in [-0.2, -0.15) is 17.5 Å². The SMILES string of the molecule is COc1ccc(CCC(=O)N(CCCN2CCCC2)CCS(=O)(=O)N2CCNCC2)cc1.O=C(O)C(F)(F)F. The third-order valence-corrected chi connectivity index (χ3v) is 8.42. The second kappa shape index (κ2) is 16.0. The molecule has 2 fully saturated rings. The Balaban J connectivity index is 0.000000673. The van der Waals surface area contributed by atoms with Crippen molar-refractivity contribution >= 4 is 21.9 Å². The molecule has 0 saturated carbocycles. The lowest BCUT2D eigenvalue weighted by Gasteiger charge is -2.29. The predicted octanol–water partition coefficient (Wildman–Crippen LogP) is 1.81. The number of hydrogen-bond acceptors (Lipinski definition) is 7. The van der Waals surface area contributed by atoms with Gasteiger partial charge in [0.25, 0.3) is 0 Å². The Bertz CT molecular complexity index is 996. The average molecular weight is 581 g/mol. The highest BCUT2D eigenvalue weighted by Crippen LogP contribution is 2.15. The van der Waals surface area contributed by atoms with Crippen LogP contribution < -0.4 is 10.1 Å². The molecule has 3 rings (SSSR count). The number of aliphatic carboxylic acids is 1. The maximum atomic E-state index is 13.0. The van der Waals surface area contributed by atoms with E-state index in [0.29, 0.717) is 45.6 Å². The smallest absolute Gasteiger partial charge is 0.490 e. The van der Waals surface area contributed by atoms with Gasteiger partial charge in [-0.25, -0.2) is 13.2 Å². The second-order valence-corrected chi connectivity index (χ2v) is 11.5. The fourth-order valence-corrected chi connectivity index (χ4v) is 5.78. The molecule has 0 atom stereocenters. The highest BCUT2D eigenvalue weighted by Gasteiger charge is 2.38. The standard InChI is InChI=1S/C23H38N4O4S.C2HF3O2/c1-31-22-8-5-21(6-9-22)7-10-23(28)26(16-4-15-25-13-2-3-14-25)19-20-32(29,30)27-17-11-24-12-18-27;3-2(4,5)1(6)7/h5-6,8-9,24H,2-4,7,10-20H2,1H3;(H,6,7). The zero-order valence-corrected chi connectivity index (χ0v) is 23.1. The van der Waals surface area contributed by atoms with Crippen LogP contribution >= 0.6 is 0 Å². The number of benzene rings is 1. The number of hydrogen-bond donors (Lipinski definition) is 2. The molecule has 0 spiro atoms. The zero-order valence-electron chi connectivity index (χ0n) is 22.3. The molecule has 0 radical (unpaired) electrons. The molecule has 1 aromatic carbocycles.